The molecule has 0 unspecified atom stereocenters. The van der Waals surface area contributed by atoms with Gasteiger partial charge in [-0.1, -0.05) is 0 Å². The Morgan fingerprint density at radius 1 is 1.38 bits per heavy atom. The molecule has 1 heterocycles. The Morgan fingerprint density at radius 2 is 1.94 bits per heavy atom. The zero-order chi connectivity index (χ0) is 12.2. The number of carbonyl (C=O) groups is 2. The van der Waals surface area contributed by atoms with Crippen LogP contribution < -0.4 is 10.6 Å². The van der Waals surface area contributed by atoms with Crippen molar-refractivity contribution in [3.05, 3.63) is 0 Å². The van der Waals surface area contributed by atoms with Crippen LogP contribution in [0.5, 0.6) is 0 Å². The van der Waals surface area contributed by atoms with E-state index in [0.29, 0.717) is 26.2 Å². The fraction of sp³-hybridized carbons (Fsp3) is 0.800. The van der Waals surface area contributed by atoms with Gasteiger partial charge in [0.25, 0.3) is 0 Å². The van der Waals surface area contributed by atoms with Crippen molar-refractivity contribution in [1.82, 2.24) is 15.5 Å². The van der Waals surface area contributed by atoms with Crippen molar-refractivity contribution in [2.45, 2.75) is 19.4 Å². The smallest absolute Gasteiger partial charge is 0.311 e. The highest BCUT2D eigenvalue weighted by molar-refractivity contribution is 6.35. The summed E-state index contributed by atoms with van der Waals surface area (Å²) in [6.07, 6.45) is 0. The minimum Gasteiger partial charge on any atom is -0.394 e. The van der Waals surface area contributed by atoms with Gasteiger partial charge in [0.15, 0.2) is 0 Å². The number of nitrogens with zero attached hydrogens (tertiary/aromatic N) is 1. The van der Waals surface area contributed by atoms with E-state index < -0.39 is 17.4 Å². The van der Waals surface area contributed by atoms with Crippen LogP contribution in [-0.4, -0.2) is 60.1 Å². The highest BCUT2D eigenvalue weighted by atomic mass is 16.3. The molecule has 1 aliphatic heterocycles. The number of aliphatic hydroxyl groups is 1. The molecule has 0 aliphatic carbocycles. The van der Waals surface area contributed by atoms with E-state index >= 15 is 0 Å². The molecule has 6 nitrogen and oxygen atoms in total. The predicted octanol–water partition coefficient (Wildman–Crippen LogP) is -1.69. The van der Waals surface area contributed by atoms with Gasteiger partial charge in [-0.05, 0) is 13.8 Å². The summed E-state index contributed by atoms with van der Waals surface area (Å²) < 4.78 is 0. The molecule has 0 aromatic rings. The Kier molecular flexibility index (Phi) is 4.26. The molecule has 0 aromatic heterocycles. The van der Waals surface area contributed by atoms with E-state index in [9.17, 15) is 9.59 Å². The zero-order valence-corrected chi connectivity index (χ0v) is 9.75. The number of nitrogens with one attached hydrogen (secondary N) is 2. The van der Waals surface area contributed by atoms with Crippen LogP contribution in [0.15, 0.2) is 0 Å². The summed E-state index contributed by atoms with van der Waals surface area (Å²) in [5, 5.41) is 14.6. The van der Waals surface area contributed by atoms with Crippen LogP contribution >= 0.6 is 0 Å². The SMILES string of the molecule is CC(C)(CO)NC(=O)C(=O)N1CCNCC1. The first-order valence-electron chi connectivity index (χ1n) is 5.39. The maximum absolute atomic E-state index is 11.7. The van der Waals surface area contributed by atoms with Gasteiger partial charge in [-0.25, -0.2) is 0 Å². The first-order valence-corrected chi connectivity index (χ1v) is 5.39. The lowest BCUT2D eigenvalue weighted by molar-refractivity contribution is -0.147. The number of aliphatic hydroxyl groups excluding tert-OH is 1. The van der Waals surface area contributed by atoms with Crippen molar-refractivity contribution in [2.24, 2.45) is 0 Å². The molecule has 92 valence electrons. The summed E-state index contributed by atoms with van der Waals surface area (Å²) in [7, 11) is 0. The molecule has 2 amide bonds. The van der Waals surface area contributed by atoms with E-state index in [2.05, 4.69) is 10.6 Å². The largest absolute Gasteiger partial charge is 0.394 e. The lowest BCUT2D eigenvalue weighted by Crippen LogP contribution is -2.55. The number of amides is 2. The van der Waals surface area contributed by atoms with Crippen molar-refractivity contribution >= 4 is 11.8 Å². The molecule has 0 saturated carbocycles. The van der Waals surface area contributed by atoms with Gasteiger partial charge in [0.2, 0.25) is 0 Å². The lowest BCUT2D eigenvalue weighted by Gasteiger charge is -2.29. The molecule has 1 saturated heterocycles. The van der Waals surface area contributed by atoms with Gasteiger partial charge < -0.3 is 20.6 Å². The van der Waals surface area contributed by atoms with Crippen LogP contribution in [-0.2, 0) is 9.59 Å². The molecular formula is C10H19N3O3. The summed E-state index contributed by atoms with van der Waals surface area (Å²) in [6, 6.07) is 0. The predicted molar refractivity (Wildman–Crippen MR) is 58.8 cm³/mol. The van der Waals surface area contributed by atoms with Gasteiger partial charge in [0.1, 0.15) is 0 Å². The van der Waals surface area contributed by atoms with Gasteiger partial charge in [0, 0.05) is 26.2 Å². The molecule has 1 aliphatic rings. The van der Waals surface area contributed by atoms with Gasteiger partial charge in [-0.3, -0.25) is 9.59 Å². The molecule has 0 aromatic carbocycles. The number of piperazine rings is 1. The second-order valence-corrected chi connectivity index (χ2v) is 4.54. The van der Waals surface area contributed by atoms with Crippen molar-refractivity contribution in [3.63, 3.8) is 0 Å². The quantitative estimate of drug-likeness (QED) is 0.493. The lowest BCUT2D eigenvalue weighted by atomic mass is 10.1. The van der Waals surface area contributed by atoms with Gasteiger partial charge >= 0.3 is 11.8 Å². The van der Waals surface area contributed by atoms with Crippen LogP contribution in [0.4, 0.5) is 0 Å². The highest BCUT2D eigenvalue weighted by Gasteiger charge is 2.27. The van der Waals surface area contributed by atoms with Gasteiger partial charge in [-0.2, -0.15) is 0 Å². The Bertz CT molecular complexity index is 272. The normalized spacial score (nSPS) is 17.1. The second kappa shape index (κ2) is 5.27. The summed E-state index contributed by atoms with van der Waals surface area (Å²) in [5.74, 6) is -1.18. The summed E-state index contributed by atoms with van der Waals surface area (Å²) in [5.41, 5.74) is -0.763. The number of carbonyl (C=O) groups excluding carboxylic acids is 2. The fourth-order valence-corrected chi connectivity index (χ4v) is 1.41. The molecular weight excluding hydrogens is 210 g/mol. The monoisotopic (exact) mass is 229 g/mol. The van der Waals surface area contributed by atoms with Crippen molar-refractivity contribution in [1.29, 1.82) is 0 Å². The Hall–Kier alpha value is -1.14. The minimum absolute atomic E-state index is 0.201. The molecule has 16 heavy (non-hydrogen) atoms. The van der Waals surface area contributed by atoms with E-state index in [0.717, 1.165) is 0 Å². The first-order chi connectivity index (χ1) is 7.46. The maximum atomic E-state index is 11.7. The molecule has 1 fully saturated rings. The van der Waals surface area contributed by atoms with E-state index in [-0.39, 0.29) is 6.61 Å². The second-order valence-electron chi connectivity index (χ2n) is 4.54. The molecule has 0 spiro atoms. The fourth-order valence-electron chi connectivity index (χ4n) is 1.41. The number of hydrogen-bond donors (Lipinski definition) is 3. The number of hydrogen-bond acceptors (Lipinski definition) is 4. The van der Waals surface area contributed by atoms with Crippen LogP contribution in [0.3, 0.4) is 0 Å². The third kappa shape index (κ3) is 3.46. The topological polar surface area (TPSA) is 81.7 Å². The Morgan fingerprint density at radius 3 is 2.44 bits per heavy atom. The van der Waals surface area contributed by atoms with Crippen molar-refractivity contribution in [3.8, 4) is 0 Å². The van der Waals surface area contributed by atoms with Gasteiger partial charge in [-0.15, -0.1) is 0 Å². The highest BCUT2D eigenvalue weighted by Crippen LogP contribution is 2.01. The Balaban J connectivity index is 2.50. The number of rotatable bonds is 2. The van der Waals surface area contributed by atoms with E-state index in [4.69, 9.17) is 5.11 Å². The average Bonchev–Trinajstić information content (AvgIpc) is 2.28. The third-order valence-corrected chi connectivity index (χ3v) is 2.45. The Labute approximate surface area is 95.0 Å². The molecule has 0 bridgehead atoms. The molecule has 3 N–H and O–H groups in total. The van der Waals surface area contributed by atoms with Crippen LogP contribution in [0.2, 0.25) is 0 Å². The molecule has 6 heteroatoms. The summed E-state index contributed by atoms with van der Waals surface area (Å²) >= 11 is 0. The molecule has 0 radical (unpaired) electrons. The van der Waals surface area contributed by atoms with E-state index in [1.54, 1.807) is 13.8 Å². The average molecular weight is 229 g/mol. The molecule has 1 rings (SSSR count). The minimum atomic E-state index is -0.763. The summed E-state index contributed by atoms with van der Waals surface area (Å²) in [4.78, 5) is 24.8. The van der Waals surface area contributed by atoms with E-state index in [1.165, 1.54) is 4.90 Å². The van der Waals surface area contributed by atoms with Crippen LogP contribution in [0.1, 0.15) is 13.8 Å². The third-order valence-electron chi connectivity index (χ3n) is 2.45. The zero-order valence-electron chi connectivity index (χ0n) is 9.75. The first kappa shape index (κ1) is 12.9. The standard InChI is InChI=1S/C10H19N3O3/c1-10(2,7-14)12-8(15)9(16)13-5-3-11-4-6-13/h11,14H,3-7H2,1-2H3,(H,12,15). The molecule has 0 atom stereocenters. The van der Waals surface area contributed by atoms with Crippen LogP contribution in [0, 0.1) is 0 Å². The summed E-state index contributed by atoms with van der Waals surface area (Å²) in [6.45, 7) is 5.64. The van der Waals surface area contributed by atoms with Crippen molar-refractivity contribution < 1.29 is 14.7 Å². The maximum Gasteiger partial charge on any atom is 0.311 e. The van der Waals surface area contributed by atoms with Crippen LogP contribution in [0.25, 0.3) is 0 Å². The van der Waals surface area contributed by atoms with E-state index in [1.807, 2.05) is 0 Å². The van der Waals surface area contributed by atoms with Gasteiger partial charge in [0.05, 0.1) is 12.1 Å². The van der Waals surface area contributed by atoms with Crippen molar-refractivity contribution in [2.75, 3.05) is 32.8 Å².